The molecule has 2 saturated carbocycles. The van der Waals surface area contributed by atoms with Crippen molar-refractivity contribution in [1.82, 2.24) is 0 Å². The molecule has 4 bridgehead atoms. The number of ketones is 1. The Balaban J connectivity index is 2.02. The normalized spacial score (nSPS) is 37.1. The van der Waals surface area contributed by atoms with E-state index in [9.17, 15) is 14.4 Å². The van der Waals surface area contributed by atoms with Gasteiger partial charge in [0.15, 0.2) is 5.78 Å². The molecule has 0 spiro atoms. The summed E-state index contributed by atoms with van der Waals surface area (Å²) < 4.78 is 12.0. The summed E-state index contributed by atoms with van der Waals surface area (Å²) in [5.74, 6) is -0.310. The smallest absolute Gasteiger partial charge is 0.333 e. The van der Waals surface area contributed by atoms with Crippen molar-refractivity contribution < 1.29 is 23.9 Å². The molecule has 3 aliphatic carbocycles. The Labute approximate surface area is 180 Å². The quantitative estimate of drug-likeness (QED) is 0.482. The third-order valence-electron chi connectivity index (χ3n) is 7.89. The molecule has 3 rings (SSSR count). The van der Waals surface area contributed by atoms with E-state index in [0.717, 1.165) is 5.57 Å². The summed E-state index contributed by atoms with van der Waals surface area (Å²) >= 11 is 0. The van der Waals surface area contributed by atoms with Gasteiger partial charge in [-0.2, -0.15) is 0 Å². The Morgan fingerprint density at radius 2 is 1.80 bits per heavy atom. The lowest BCUT2D eigenvalue weighted by Gasteiger charge is -2.65. The van der Waals surface area contributed by atoms with Crippen LogP contribution in [0, 0.1) is 34.5 Å². The van der Waals surface area contributed by atoms with E-state index in [-0.39, 0.29) is 41.4 Å². The number of allylic oxidation sites excluding steroid dienone is 3. The van der Waals surface area contributed by atoms with E-state index in [4.69, 9.17) is 9.47 Å². The van der Waals surface area contributed by atoms with Crippen molar-refractivity contribution in [1.29, 1.82) is 0 Å². The van der Waals surface area contributed by atoms with Gasteiger partial charge in [0.05, 0.1) is 0 Å². The van der Waals surface area contributed by atoms with E-state index in [1.165, 1.54) is 0 Å². The van der Waals surface area contributed by atoms with Crippen molar-refractivity contribution in [2.75, 3.05) is 0 Å². The molecule has 0 saturated heterocycles. The lowest BCUT2D eigenvalue weighted by atomic mass is 9.37. The highest BCUT2D eigenvalue weighted by molar-refractivity contribution is 5.97. The first-order valence-electron chi connectivity index (χ1n) is 11.1. The molecule has 3 aliphatic rings. The topological polar surface area (TPSA) is 69.7 Å². The second-order valence-electron chi connectivity index (χ2n) is 10.6. The van der Waals surface area contributed by atoms with E-state index >= 15 is 0 Å². The summed E-state index contributed by atoms with van der Waals surface area (Å²) in [5.41, 5.74) is 0.709. The number of fused-ring (bicyclic) bond motifs is 1. The van der Waals surface area contributed by atoms with E-state index < -0.39 is 23.0 Å². The SMILES string of the molecule is CC=C(C)C(=O)OC1CC(OC(=O)CC(C)C)C(C)(C)C2C3C(=O)C=C(C)C2C13C. The monoisotopic (exact) mass is 416 g/mol. The van der Waals surface area contributed by atoms with Crippen LogP contribution in [-0.2, 0) is 23.9 Å². The molecule has 0 aromatic carbocycles. The van der Waals surface area contributed by atoms with Crippen molar-refractivity contribution in [3.63, 3.8) is 0 Å². The van der Waals surface area contributed by atoms with Crippen molar-refractivity contribution >= 4 is 17.7 Å². The van der Waals surface area contributed by atoms with Gasteiger partial charge in [-0.25, -0.2) is 4.79 Å². The van der Waals surface area contributed by atoms with Gasteiger partial charge in [-0.15, -0.1) is 0 Å². The van der Waals surface area contributed by atoms with Gasteiger partial charge in [-0.05, 0) is 44.6 Å². The maximum atomic E-state index is 13.1. The number of hydrogen-bond acceptors (Lipinski definition) is 5. The van der Waals surface area contributed by atoms with Crippen molar-refractivity contribution in [2.24, 2.45) is 34.5 Å². The first-order valence-corrected chi connectivity index (χ1v) is 11.1. The maximum absolute atomic E-state index is 13.1. The Morgan fingerprint density at radius 1 is 1.17 bits per heavy atom. The molecule has 0 aromatic heterocycles. The summed E-state index contributed by atoms with van der Waals surface area (Å²) in [7, 11) is 0. The molecule has 0 N–H and O–H groups in total. The lowest BCUT2D eigenvalue weighted by molar-refractivity contribution is -0.202. The largest absolute Gasteiger partial charge is 0.462 e. The van der Waals surface area contributed by atoms with Crippen molar-refractivity contribution in [3.8, 4) is 0 Å². The van der Waals surface area contributed by atoms with E-state index in [0.29, 0.717) is 18.4 Å². The fraction of sp³-hybridized carbons (Fsp3) is 0.720. The zero-order chi connectivity index (χ0) is 22.6. The van der Waals surface area contributed by atoms with Crippen LogP contribution in [0.15, 0.2) is 23.3 Å². The van der Waals surface area contributed by atoms with Crippen LogP contribution in [0.25, 0.3) is 0 Å². The summed E-state index contributed by atoms with van der Waals surface area (Å²) in [6.45, 7) is 15.8. The molecule has 0 heterocycles. The first-order chi connectivity index (χ1) is 13.8. The molecule has 30 heavy (non-hydrogen) atoms. The summed E-state index contributed by atoms with van der Waals surface area (Å²) in [5, 5.41) is 0. The van der Waals surface area contributed by atoms with E-state index in [1.807, 2.05) is 20.8 Å². The molecular weight excluding hydrogens is 380 g/mol. The van der Waals surface area contributed by atoms with Gasteiger partial charge in [-0.1, -0.05) is 46.3 Å². The number of rotatable bonds is 5. The van der Waals surface area contributed by atoms with Crippen LogP contribution >= 0.6 is 0 Å². The molecule has 0 amide bonds. The zero-order valence-corrected chi connectivity index (χ0v) is 19.6. The van der Waals surface area contributed by atoms with Gasteiger partial charge in [0.25, 0.3) is 0 Å². The highest BCUT2D eigenvalue weighted by Gasteiger charge is 2.74. The number of ether oxygens (including phenoxy) is 2. The number of carbonyl (C=O) groups excluding carboxylic acids is 3. The van der Waals surface area contributed by atoms with Gasteiger partial charge < -0.3 is 9.47 Å². The lowest BCUT2D eigenvalue weighted by Crippen LogP contribution is -2.67. The fourth-order valence-electron chi connectivity index (χ4n) is 6.18. The Morgan fingerprint density at radius 3 is 2.33 bits per heavy atom. The van der Waals surface area contributed by atoms with Crippen molar-refractivity contribution in [3.05, 3.63) is 23.3 Å². The van der Waals surface area contributed by atoms with Gasteiger partial charge in [0.1, 0.15) is 12.2 Å². The molecule has 5 nitrogen and oxygen atoms in total. The number of carbonyl (C=O) groups is 3. The predicted molar refractivity (Wildman–Crippen MR) is 114 cm³/mol. The standard InChI is InChI=1S/C25H36O5/c1-9-14(4)23(28)30-18-12-17(29-19(27)10-13(2)3)24(6,7)22-20-15(5)11-16(26)21(22)25(18,20)8/h9,11,13,17-18,20-22H,10,12H2,1-8H3. The molecule has 0 aliphatic heterocycles. The minimum atomic E-state index is -0.489. The number of esters is 2. The molecule has 2 fully saturated rings. The van der Waals surface area contributed by atoms with E-state index in [2.05, 4.69) is 20.8 Å². The minimum absolute atomic E-state index is 0.0726. The van der Waals surface area contributed by atoms with Gasteiger partial charge in [0.2, 0.25) is 0 Å². The molecule has 0 radical (unpaired) electrons. The van der Waals surface area contributed by atoms with Crippen molar-refractivity contribution in [2.45, 2.75) is 80.4 Å². The summed E-state index contributed by atoms with van der Waals surface area (Å²) in [6, 6.07) is 0. The molecule has 6 atom stereocenters. The Hall–Kier alpha value is -1.91. The molecule has 5 heteroatoms. The van der Waals surface area contributed by atoms with Crippen LogP contribution in [0.3, 0.4) is 0 Å². The average molecular weight is 417 g/mol. The second-order valence-corrected chi connectivity index (χ2v) is 10.6. The molecular formula is C25H36O5. The predicted octanol–water partition coefficient (Wildman–Crippen LogP) is 4.65. The number of hydrogen-bond donors (Lipinski definition) is 0. The Bertz CT molecular complexity index is 817. The fourth-order valence-corrected chi connectivity index (χ4v) is 6.18. The highest BCUT2D eigenvalue weighted by Crippen LogP contribution is 2.72. The van der Waals surface area contributed by atoms with Crippen LogP contribution in [-0.4, -0.2) is 29.9 Å². The maximum Gasteiger partial charge on any atom is 0.333 e. The van der Waals surface area contributed by atoms with Crippen LogP contribution in [0.5, 0.6) is 0 Å². The third-order valence-corrected chi connectivity index (χ3v) is 7.89. The second kappa shape index (κ2) is 7.65. The Kier molecular flexibility index (Phi) is 5.81. The van der Waals surface area contributed by atoms with Crippen LogP contribution in [0.4, 0.5) is 0 Å². The van der Waals surface area contributed by atoms with Crippen LogP contribution in [0.2, 0.25) is 0 Å². The highest BCUT2D eigenvalue weighted by atomic mass is 16.6. The van der Waals surface area contributed by atoms with Gasteiger partial charge >= 0.3 is 11.9 Å². The van der Waals surface area contributed by atoms with Crippen LogP contribution < -0.4 is 0 Å². The van der Waals surface area contributed by atoms with Crippen LogP contribution in [0.1, 0.15) is 68.2 Å². The molecule has 6 unspecified atom stereocenters. The average Bonchev–Trinajstić information content (AvgIpc) is 2.72. The molecule has 0 aromatic rings. The van der Waals surface area contributed by atoms with Gasteiger partial charge in [-0.3, -0.25) is 9.59 Å². The minimum Gasteiger partial charge on any atom is -0.462 e. The zero-order valence-electron chi connectivity index (χ0n) is 19.6. The first kappa shape index (κ1) is 22.8. The third kappa shape index (κ3) is 3.34. The summed E-state index contributed by atoms with van der Waals surface area (Å²) in [4.78, 5) is 38.3. The van der Waals surface area contributed by atoms with E-state index in [1.54, 1.807) is 26.0 Å². The van der Waals surface area contributed by atoms with Gasteiger partial charge in [0, 0.05) is 35.2 Å². The summed E-state index contributed by atoms with van der Waals surface area (Å²) in [6.07, 6.45) is 3.35. The molecule has 166 valence electrons.